The lowest BCUT2D eigenvalue weighted by Gasteiger charge is -2.12. The van der Waals surface area contributed by atoms with Gasteiger partial charge in [-0.1, -0.05) is 42.5 Å². The Morgan fingerprint density at radius 2 is 1.54 bits per heavy atom. The van der Waals surface area contributed by atoms with Gasteiger partial charge in [0.25, 0.3) is 0 Å². The predicted octanol–water partition coefficient (Wildman–Crippen LogP) is 3.44. The first-order chi connectivity index (χ1) is 13.8. The Bertz CT molecular complexity index is 672. The lowest BCUT2D eigenvalue weighted by molar-refractivity contribution is 0.133. The van der Waals surface area contributed by atoms with Crippen molar-refractivity contribution in [1.82, 2.24) is 10.6 Å². The number of unbranched alkanes of at least 4 members (excludes halogenated alkanes) is 1. The first-order valence-electron chi connectivity index (χ1n) is 10.0. The Labute approximate surface area is 169 Å². The lowest BCUT2D eigenvalue weighted by atomic mass is 10.1. The van der Waals surface area contributed by atoms with Crippen LogP contribution in [0.4, 0.5) is 0 Å². The van der Waals surface area contributed by atoms with E-state index < -0.39 is 0 Å². The maximum Gasteiger partial charge on any atom is 0.190 e. The molecule has 0 amide bonds. The molecule has 28 heavy (non-hydrogen) atoms. The van der Waals surface area contributed by atoms with Gasteiger partial charge in [-0.05, 0) is 48.9 Å². The van der Waals surface area contributed by atoms with Crippen LogP contribution >= 0.6 is 0 Å². The number of rotatable bonds is 12. The van der Waals surface area contributed by atoms with Crippen LogP contribution in [-0.4, -0.2) is 46.4 Å². The summed E-state index contributed by atoms with van der Waals surface area (Å²) in [6, 6.07) is 18.6. The first-order valence-corrected chi connectivity index (χ1v) is 10.0. The minimum absolute atomic E-state index is 0.784. The molecule has 2 aromatic rings. The summed E-state index contributed by atoms with van der Waals surface area (Å²) >= 11 is 0. The van der Waals surface area contributed by atoms with Gasteiger partial charge in [0, 0.05) is 26.7 Å². The van der Waals surface area contributed by atoms with Gasteiger partial charge in [0.2, 0.25) is 0 Å². The van der Waals surface area contributed by atoms with Crippen LogP contribution in [0.25, 0.3) is 0 Å². The third kappa shape index (κ3) is 8.91. The third-order valence-corrected chi connectivity index (χ3v) is 4.47. The largest absolute Gasteiger partial charge is 0.497 e. The molecule has 2 rings (SSSR count). The molecular weight excluding hydrogens is 350 g/mol. The number of hydrogen-bond acceptors (Lipinski definition) is 3. The number of nitrogens with zero attached hydrogens (tertiary/aromatic N) is 1. The maximum atomic E-state index is 5.72. The van der Waals surface area contributed by atoms with Crippen LogP contribution in [0.1, 0.15) is 24.0 Å². The summed E-state index contributed by atoms with van der Waals surface area (Å²) in [5, 5.41) is 6.71. The minimum Gasteiger partial charge on any atom is -0.497 e. The molecule has 5 nitrogen and oxygen atoms in total. The molecule has 0 aromatic heterocycles. The van der Waals surface area contributed by atoms with Crippen molar-refractivity contribution >= 4 is 5.96 Å². The average Bonchev–Trinajstić information content (AvgIpc) is 2.75. The van der Waals surface area contributed by atoms with Crippen LogP contribution in [0, 0.1) is 0 Å². The van der Waals surface area contributed by atoms with Crippen molar-refractivity contribution < 1.29 is 9.47 Å². The number of benzene rings is 2. The smallest absolute Gasteiger partial charge is 0.190 e. The molecule has 0 bridgehead atoms. The fraction of sp³-hybridized carbons (Fsp3) is 0.435. The Kier molecular flexibility index (Phi) is 10.6. The molecule has 0 radical (unpaired) electrons. The van der Waals surface area contributed by atoms with E-state index in [4.69, 9.17) is 9.47 Å². The first kappa shape index (κ1) is 21.8. The molecule has 0 aliphatic heterocycles. The fourth-order valence-corrected chi connectivity index (χ4v) is 2.81. The molecule has 0 unspecified atom stereocenters. The van der Waals surface area contributed by atoms with Gasteiger partial charge < -0.3 is 20.1 Å². The zero-order chi connectivity index (χ0) is 19.9. The molecule has 0 aliphatic rings. The molecule has 0 saturated heterocycles. The van der Waals surface area contributed by atoms with Crippen molar-refractivity contribution in [2.24, 2.45) is 4.99 Å². The zero-order valence-electron chi connectivity index (χ0n) is 17.1. The Balaban J connectivity index is 1.47. The predicted molar refractivity (Wildman–Crippen MR) is 116 cm³/mol. The molecular formula is C23H33N3O2. The van der Waals surface area contributed by atoms with Gasteiger partial charge in [-0.25, -0.2) is 0 Å². The Hall–Kier alpha value is -2.53. The summed E-state index contributed by atoms with van der Waals surface area (Å²) in [5.74, 6) is 1.73. The Morgan fingerprint density at radius 1 is 0.821 bits per heavy atom. The maximum absolute atomic E-state index is 5.72. The lowest BCUT2D eigenvalue weighted by Crippen LogP contribution is -2.38. The minimum atomic E-state index is 0.784. The van der Waals surface area contributed by atoms with Gasteiger partial charge in [0.1, 0.15) is 5.75 Å². The van der Waals surface area contributed by atoms with Crippen LogP contribution in [0.15, 0.2) is 59.6 Å². The van der Waals surface area contributed by atoms with Gasteiger partial charge in [-0.3, -0.25) is 4.99 Å². The normalized spacial score (nSPS) is 11.3. The van der Waals surface area contributed by atoms with E-state index in [2.05, 4.69) is 52.0 Å². The molecule has 5 heteroatoms. The number of ether oxygens (including phenoxy) is 2. The molecule has 152 valence electrons. The SMILES string of the molecule is CN=C(NCCCCOCCc1ccccc1)NCCc1ccc(OC)cc1. The van der Waals surface area contributed by atoms with Gasteiger partial charge in [0.15, 0.2) is 5.96 Å². The van der Waals surface area contributed by atoms with E-state index in [1.54, 1.807) is 14.2 Å². The molecule has 2 N–H and O–H groups in total. The molecule has 0 aliphatic carbocycles. The quantitative estimate of drug-likeness (QED) is 0.335. The second-order valence-electron chi connectivity index (χ2n) is 6.58. The van der Waals surface area contributed by atoms with Crippen LogP contribution in [-0.2, 0) is 17.6 Å². The summed E-state index contributed by atoms with van der Waals surface area (Å²) in [5.41, 5.74) is 2.60. The van der Waals surface area contributed by atoms with Crippen LogP contribution in [0.5, 0.6) is 5.75 Å². The van der Waals surface area contributed by atoms with E-state index in [0.29, 0.717) is 0 Å². The van der Waals surface area contributed by atoms with Gasteiger partial charge in [0.05, 0.1) is 13.7 Å². The molecule has 2 aromatic carbocycles. The van der Waals surface area contributed by atoms with E-state index in [0.717, 1.165) is 63.7 Å². The summed E-state index contributed by atoms with van der Waals surface area (Å²) in [6.07, 6.45) is 4.03. The standard InChI is InChI=1S/C23H33N3O2/c1-24-23(26-17-14-21-10-12-22(27-2)13-11-21)25-16-6-7-18-28-19-15-20-8-4-3-5-9-20/h3-5,8-13H,6-7,14-19H2,1-2H3,(H2,24,25,26). The van der Waals surface area contributed by atoms with Crippen LogP contribution in [0.3, 0.4) is 0 Å². The second kappa shape index (κ2) is 13.6. The monoisotopic (exact) mass is 383 g/mol. The van der Waals surface area contributed by atoms with E-state index in [-0.39, 0.29) is 0 Å². The van der Waals surface area contributed by atoms with Crippen LogP contribution in [0.2, 0.25) is 0 Å². The van der Waals surface area contributed by atoms with Crippen molar-refractivity contribution in [3.05, 3.63) is 65.7 Å². The summed E-state index contributed by atoms with van der Waals surface area (Å²) in [7, 11) is 3.48. The Morgan fingerprint density at radius 3 is 2.25 bits per heavy atom. The third-order valence-electron chi connectivity index (χ3n) is 4.47. The van der Waals surface area contributed by atoms with Crippen molar-refractivity contribution in [1.29, 1.82) is 0 Å². The van der Waals surface area contributed by atoms with Crippen molar-refractivity contribution in [3.8, 4) is 5.75 Å². The van der Waals surface area contributed by atoms with E-state index in [1.165, 1.54) is 11.1 Å². The van der Waals surface area contributed by atoms with Crippen molar-refractivity contribution in [3.63, 3.8) is 0 Å². The molecule has 0 saturated carbocycles. The van der Waals surface area contributed by atoms with E-state index >= 15 is 0 Å². The van der Waals surface area contributed by atoms with Gasteiger partial charge in [-0.15, -0.1) is 0 Å². The molecule has 0 heterocycles. The average molecular weight is 384 g/mol. The summed E-state index contributed by atoms with van der Waals surface area (Å²) in [4.78, 5) is 4.27. The number of methoxy groups -OCH3 is 1. The highest BCUT2D eigenvalue weighted by atomic mass is 16.5. The highest BCUT2D eigenvalue weighted by Crippen LogP contribution is 2.11. The van der Waals surface area contributed by atoms with E-state index in [1.807, 2.05) is 18.2 Å². The van der Waals surface area contributed by atoms with Crippen LogP contribution < -0.4 is 15.4 Å². The molecule has 0 spiro atoms. The number of guanidine groups is 1. The topological polar surface area (TPSA) is 54.9 Å². The fourth-order valence-electron chi connectivity index (χ4n) is 2.81. The van der Waals surface area contributed by atoms with Crippen molar-refractivity contribution in [2.75, 3.05) is 40.5 Å². The summed E-state index contributed by atoms with van der Waals surface area (Å²) < 4.78 is 10.9. The van der Waals surface area contributed by atoms with Gasteiger partial charge in [-0.2, -0.15) is 0 Å². The highest BCUT2D eigenvalue weighted by molar-refractivity contribution is 5.79. The van der Waals surface area contributed by atoms with Crippen molar-refractivity contribution in [2.45, 2.75) is 25.7 Å². The zero-order valence-corrected chi connectivity index (χ0v) is 17.1. The number of aliphatic imine (C=N–C) groups is 1. The van der Waals surface area contributed by atoms with E-state index in [9.17, 15) is 0 Å². The highest BCUT2D eigenvalue weighted by Gasteiger charge is 1.99. The van der Waals surface area contributed by atoms with Gasteiger partial charge >= 0.3 is 0 Å². The summed E-state index contributed by atoms with van der Waals surface area (Å²) in [6.45, 7) is 3.32. The number of hydrogen-bond donors (Lipinski definition) is 2. The molecule has 0 atom stereocenters. The number of nitrogens with one attached hydrogen (secondary N) is 2. The molecule has 0 fully saturated rings. The second-order valence-corrected chi connectivity index (χ2v) is 6.58.